The van der Waals surface area contributed by atoms with Gasteiger partial charge in [0.15, 0.2) is 0 Å². The average molecular weight is 1040 g/mol. The highest BCUT2D eigenvalue weighted by atomic mass is 19.4. The van der Waals surface area contributed by atoms with Gasteiger partial charge < -0.3 is 48.4 Å². The lowest BCUT2D eigenvalue weighted by molar-refractivity contribution is -0.156. The number of cyclic esters (lactones) is 1. The Kier molecular flexibility index (Phi) is 16.1. The van der Waals surface area contributed by atoms with E-state index >= 15 is 0 Å². The molecule has 8 rings (SSSR count). The molecule has 4 saturated heterocycles. The monoisotopic (exact) mass is 1040 g/mol. The molecule has 0 aliphatic carbocycles. The number of carbonyl (C=O) groups excluding carboxylic acids is 5. The van der Waals surface area contributed by atoms with Gasteiger partial charge in [-0.05, 0) is 93.8 Å². The fourth-order valence-corrected chi connectivity index (χ4v) is 11.5. The molecule has 1 spiro atoms. The van der Waals surface area contributed by atoms with Gasteiger partial charge in [0, 0.05) is 87.1 Å². The van der Waals surface area contributed by atoms with E-state index in [4.69, 9.17) is 18.9 Å². The number of halogens is 3. The zero-order chi connectivity index (χ0) is 53.4. The molecule has 6 atom stereocenters. The third-order valence-corrected chi connectivity index (χ3v) is 15.3. The number of rotatable bonds is 9. The predicted octanol–water partition coefficient (Wildman–Crippen LogP) is 5.98. The Morgan fingerprint density at radius 1 is 1.09 bits per heavy atom. The predicted molar refractivity (Wildman–Crippen MR) is 269 cm³/mol. The van der Waals surface area contributed by atoms with Crippen LogP contribution in [-0.2, 0) is 51.1 Å². The van der Waals surface area contributed by atoms with Crippen LogP contribution in [0.5, 0.6) is 0 Å². The third-order valence-electron chi connectivity index (χ3n) is 15.3. The molecule has 7 heterocycles. The molecule has 21 heteroatoms. The van der Waals surface area contributed by atoms with Crippen molar-refractivity contribution in [2.24, 2.45) is 11.3 Å². The Hall–Kier alpha value is -5.77. The molecule has 0 saturated carbocycles. The number of nitrogens with one attached hydrogen (secondary N) is 2. The van der Waals surface area contributed by atoms with Gasteiger partial charge >= 0.3 is 18.2 Å². The molecule has 5 aliphatic heterocycles. The highest BCUT2D eigenvalue weighted by Gasteiger charge is 2.48. The summed E-state index contributed by atoms with van der Waals surface area (Å²) in [4.78, 5) is 81.6. The number of anilines is 1. The second kappa shape index (κ2) is 21.8. The zero-order valence-corrected chi connectivity index (χ0v) is 43.8. The maximum atomic E-state index is 14.8. The summed E-state index contributed by atoms with van der Waals surface area (Å²) in [6.07, 6.45) is -1.33. The van der Waals surface area contributed by atoms with Crippen molar-refractivity contribution in [3.63, 3.8) is 0 Å². The van der Waals surface area contributed by atoms with Crippen LogP contribution in [0.15, 0.2) is 49.2 Å². The van der Waals surface area contributed by atoms with Crippen molar-refractivity contribution in [1.82, 2.24) is 40.0 Å². The van der Waals surface area contributed by atoms with Crippen LogP contribution >= 0.6 is 0 Å². The molecule has 18 nitrogen and oxygen atoms in total. The fraction of sp³-hybridized carbons (Fsp3) is 0.623. The summed E-state index contributed by atoms with van der Waals surface area (Å²) in [7, 11) is 3.10. The summed E-state index contributed by atoms with van der Waals surface area (Å²) in [6, 6.07) is 5.40. The molecule has 1 aromatic carbocycles. The second-order valence-electron chi connectivity index (χ2n) is 21.7. The first kappa shape index (κ1) is 54.5. The van der Waals surface area contributed by atoms with Crippen LogP contribution in [0, 0.1) is 11.3 Å². The lowest BCUT2D eigenvalue weighted by Crippen LogP contribution is -2.63. The van der Waals surface area contributed by atoms with Gasteiger partial charge in [-0.2, -0.15) is 13.2 Å². The van der Waals surface area contributed by atoms with Crippen molar-refractivity contribution in [3.05, 3.63) is 60.4 Å². The van der Waals surface area contributed by atoms with Crippen molar-refractivity contribution in [2.75, 3.05) is 71.5 Å². The molecule has 2 aromatic heterocycles. The molecular formula is C53H72F3N9O9. The number of pyridine rings is 1. The van der Waals surface area contributed by atoms with Gasteiger partial charge in [0.05, 0.1) is 49.0 Å². The number of hydrogen-bond donors (Lipinski definition) is 2. The Morgan fingerprint density at radius 2 is 1.84 bits per heavy atom. The van der Waals surface area contributed by atoms with E-state index in [-0.39, 0.29) is 57.0 Å². The highest BCUT2D eigenvalue weighted by Crippen LogP contribution is 2.43. The van der Waals surface area contributed by atoms with E-state index in [1.807, 2.05) is 40.7 Å². The standard InChI is InChI=1S/C53H72F3N9O9/c1-10-43(66)63-29-52(74-34(63)5)17-21-61(22-18-52)50(70)60(8)45(32(2)3)47(67)58-41-26-36-28-62(23-24-72-36)35-15-16-42-38(25-35)39(27-51(6,7)31-73-49(69)40-14-12-20-65(59-40)48(41)68)46(64(42)30-53(54,55)56)37-13-11-19-57-44(37)33(4)71-9/h10-11,13,15-16,19,25,32-34,36,40-41,45,59H,1,12,14,17-18,20-24,26-31H2,2-9H3,(H,58,67)/t33-,34-,36-,40-,41-,45-/m0/s1. The Labute approximate surface area is 430 Å². The van der Waals surface area contributed by atoms with Crippen LogP contribution in [0.3, 0.4) is 0 Å². The van der Waals surface area contributed by atoms with Crippen LogP contribution in [0.25, 0.3) is 22.2 Å². The first-order chi connectivity index (χ1) is 35.0. The van der Waals surface area contributed by atoms with E-state index in [1.54, 1.807) is 54.2 Å². The van der Waals surface area contributed by atoms with Crippen LogP contribution < -0.4 is 15.6 Å². The number of nitrogens with zero attached hydrogens (tertiary/aromatic N) is 7. The molecule has 3 aromatic rings. The van der Waals surface area contributed by atoms with E-state index < -0.39 is 78.1 Å². The van der Waals surface area contributed by atoms with E-state index in [0.717, 1.165) is 5.69 Å². The molecule has 4 fully saturated rings. The van der Waals surface area contributed by atoms with Crippen molar-refractivity contribution in [2.45, 2.75) is 135 Å². The quantitative estimate of drug-likeness (QED) is 0.190. The average Bonchev–Trinajstić information content (AvgIpc) is 3.85. The van der Waals surface area contributed by atoms with Crippen molar-refractivity contribution in [3.8, 4) is 11.3 Å². The number of hydrazine groups is 1. The minimum atomic E-state index is -4.59. The van der Waals surface area contributed by atoms with Crippen molar-refractivity contribution in [1.29, 1.82) is 0 Å². The Balaban J connectivity index is 1.11. The summed E-state index contributed by atoms with van der Waals surface area (Å²) in [5, 5.41) is 4.96. The molecular weight excluding hydrogens is 964 g/mol. The molecule has 404 valence electrons. The van der Waals surface area contributed by atoms with Crippen molar-refractivity contribution >= 4 is 46.3 Å². The number of piperidine rings is 1. The number of esters is 1. The molecule has 0 radical (unpaired) electrons. The number of carbonyl (C=O) groups is 5. The molecule has 2 N–H and O–H groups in total. The highest BCUT2D eigenvalue weighted by molar-refractivity contribution is 5.95. The maximum absolute atomic E-state index is 14.8. The molecule has 5 aliphatic rings. The minimum Gasteiger partial charge on any atom is -0.464 e. The van der Waals surface area contributed by atoms with Gasteiger partial charge in [0.1, 0.15) is 30.9 Å². The Morgan fingerprint density at radius 3 is 2.53 bits per heavy atom. The summed E-state index contributed by atoms with van der Waals surface area (Å²) in [6.45, 7) is 15.6. The number of hydrogen-bond acceptors (Lipinski definition) is 12. The van der Waals surface area contributed by atoms with Crippen LogP contribution in [0.1, 0.15) is 91.0 Å². The lowest BCUT2D eigenvalue weighted by atomic mass is 9.84. The SMILES string of the molecule is C=CC(=O)N1CC2(CCN(C(=O)N(C)[C@H](C(=O)N[C@H]3C[C@H]4CN(CCO4)c4ccc5c(c4)c(c(-c4cccnc4[C@H](C)OC)n5CC(F)(F)F)CC(C)(C)COC(=O)[C@@H]4CCCN(N4)C3=O)C(C)C)CC2)O[C@H]1C. The minimum absolute atomic E-state index is 0.0180. The third kappa shape index (κ3) is 11.5. The molecule has 5 amide bonds. The number of aromatic nitrogens is 2. The summed E-state index contributed by atoms with van der Waals surface area (Å²) < 4.78 is 69.9. The fourth-order valence-electron chi connectivity index (χ4n) is 11.5. The second-order valence-corrected chi connectivity index (χ2v) is 21.7. The number of alkyl halides is 3. The number of likely N-dealkylation sites (N-methyl/N-ethyl adjacent to an activating group) is 1. The van der Waals surface area contributed by atoms with E-state index in [0.29, 0.717) is 85.3 Å². The number of morpholine rings is 1. The number of urea groups is 1. The summed E-state index contributed by atoms with van der Waals surface area (Å²) >= 11 is 0. The number of fused-ring (bicyclic) bond motifs is 6. The first-order valence-corrected chi connectivity index (χ1v) is 25.8. The van der Waals surface area contributed by atoms with E-state index in [2.05, 4.69) is 27.2 Å². The van der Waals surface area contributed by atoms with E-state index in [1.165, 1.54) is 27.7 Å². The Bertz CT molecular complexity index is 2600. The molecule has 74 heavy (non-hydrogen) atoms. The first-order valence-electron chi connectivity index (χ1n) is 25.8. The van der Waals surface area contributed by atoms with E-state index in [9.17, 15) is 37.1 Å². The van der Waals surface area contributed by atoms with Crippen LogP contribution in [0.4, 0.5) is 23.7 Å². The molecule has 0 unspecified atom stereocenters. The van der Waals surface area contributed by atoms with Crippen molar-refractivity contribution < 1.29 is 56.1 Å². The summed E-state index contributed by atoms with van der Waals surface area (Å²) in [5.41, 5.74) is 4.69. The smallest absolute Gasteiger partial charge is 0.406 e. The number of amides is 5. The largest absolute Gasteiger partial charge is 0.464 e. The van der Waals surface area contributed by atoms with Crippen LogP contribution in [0.2, 0.25) is 0 Å². The topological polar surface area (TPSA) is 180 Å². The number of likely N-dealkylation sites (tertiary alicyclic amines) is 1. The molecule has 6 bridgehead atoms. The number of benzene rings is 1. The lowest BCUT2D eigenvalue weighted by Gasteiger charge is -2.42. The van der Waals surface area contributed by atoms with Gasteiger partial charge in [-0.25, -0.2) is 10.2 Å². The van der Waals surface area contributed by atoms with Gasteiger partial charge in [-0.1, -0.05) is 34.3 Å². The number of ether oxygens (including phenoxy) is 4. The summed E-state index contributed by atoms with van der Waals surface area (Å²) in [5.74, 6) is -2.25. The van der Waals surface area contributed by atoms with Gasteiger partial charge in [0.2, 0.25) is 11.8 Å². The van der Waals surface area contributed by atoms with Gasteiger partial charge in [-0.3, -0.25) is 29.2 Å². The zero-order valence-electron chi connectivity index (χ0n) is 43.8. The normalized spacial score (nSPS) is 24.4. The number of methoxy groups -OCH3 is 1. The van der Waals surface area contributed by atoms with Gasteiger partial charge in [-0.15, -0.1) is 0 Å². The van der Waals surface area contributed by atoms with Gasteiger partial charge in [0.25, 0.3) is 5.91 Å². The van der Waals surface area contributed by atoms with Crippen LogP contribution in [-0.4, -0.2) is 168 Å². The maximum Gasteiger partial charge on any atom is 0.406 e.